The number of carbonyl (C=O) groups is 2. The van der Waals surface area contributed by atoms with Gasteiger partial charge in [-0.3, -0.25) is 9.59 Å². The number of hydrogen-bond donors (Lipinski definition) is 1. The number of hydrogen-bond acceptors (Lipinski definition) is 2. The number of nitrogens with one attached hydrogen (secondary N) is 1. The van der Waals surface area contributed by atoms with Crippen molar-refractivity contribution in [1.29, 1.82) is 0 Å². The molecule has 1 saturated heterocycles. The van der Waals surface area contributed by atoms with Gasteiger partial charge in [0.25, 0.3) is 11.8 Å². The highest BCUT2D eigenvalue weighted by Gasteiger charge is 2.26. The lowest BCUT2D eigenvalue weighted by Crippen LogP contribution is -2.46. The summed E-state index contributed by atoms with van der Waals surface area (Å²) in [5.74, 6) is -0.208. The van der Waals surface area contributed by atoms with E-state index in [2.05, 4.69) is 5.32 Å². The van der Waals surface area contributed by atoms with Crippen molar-refractivity contribution in [2.45, 2.75) is 18.9 Å². The Bertz CT molecular complexity index is 1070. The highest BCUT2D eigenvalue weighted by atomic mass is 35.5. The molecule has 0 aliphatic carbocycles. The van der Waals surface area contributed by atoms with Gasteiger partial charge in [-0.2, -0.15) is 0 Å². The second-order valence-corrected chi connectivity index (χ2v) is 8.03. The minimum absolute atomic E-state index is 0.00545. The molecule has 1 heterocycles. The molecule has 29 heavy (non-hydrogen) atoms. The van der Waals surface area contributed by atoms with Gasteiger partial charge in [0.2, 0.25) is 0 Å². The molecule has 1 fully saturated rings. The topological polar surface area (TPSA) is 49.4 Å². The molecule has 0 bridgehead atoms. The first kappa shape index (κ1) is 19.7. The van der Waals surface area contributed by atoms with E-state index in [4.69, 9.17) is 23.2 Å². The fraction of sp³-hybridized carbons (Fsp3) is 0.217. The lowest BCUT2D eigenvalue weighted by molar-refractivity contribution is 0.0700. The normalized spacial score (nSPS) is 14.8. The molecule has 4 rings (SSSR count). The number of nitrogens with zero attached hydrogens (tertiary/aromatic N) is 1. The van der Waals surface area contributed by atoms with Crippen molar-refractivity contribution < 1.29 is 9.59 Å². The first-order chi connectivity index (χ1) is 14.0. The number of rotatable bonds is 3. The van der Waals surface area contributed by atoms with E-state index in [9.17, 15) is 9.59 Å². The van der Waals surface area contributed by atoms with Crippen LogP contribution in [0.1, 0.15) is 33.6 Å². The Kier molecular flexibility index (Phi) is 5.74. The summed E-state index contributed by atoms with van der Waals surface area (Å²) in [6.45, 7) is 1.19. The Hall–Kier alpha value is -2.56. The first-order valence-corrected chi connectivity index (χ1v) is 10.3. The van der Waals surface area contributed by atoms with Gasteiger partial charge in [-0.1, -0.05) is 59.6 Å². The van der Waals surface area contributed by atoms with E-state index < -0.39 is 0 Å². The second kappa shape index (κ2) is 8.44. The molecule has 148 valence electrons. The molecule has 1 aliphatic heterocycles. The SMILES string of the molecule is O=C(NC1CCN(C(=O)c2cccc3ccccc23)CC1)c1cc(Cl)ccc1Cl. The van der Waals surface area contributed by atoms with Crippen LogP contribution in [0.4, 0.5) is 0 Å². The molecule has 2 amide bonds. The van der Waals surface area contributed by atoms with Crippen molar-refractivity contribution in [2.75, 3.05) is 13.1 Å². The minimum Gasteiger partial charge on any atom is -0.349 e. The van der Waals surface area contributed by atoms with Crippen molar-refractivity contribution in [3.05, 3.63) is 81.8 Å². The van der Waals surface area contributed by atoms with E-state index in [1.54, 1.807) is 18.2 Å². The van der Waals surface area contributed by atoms with Crippen molar-refractivity contribution in [1.82, 2.24) is 10.2 Å². The third-order valence-electron chi connectivity index (χ3n) is 5.31. The Labute approximate surface area is 179 Å². The standard InChI is InChI=1S/C23H20Cl2N2O2/c24-16-8-9-21(25)20(14-16)22(28)26-17-10-12-27(13-11-17)23(29)19-7-3-5-15-4-1-2-6-18(15)19/h1-9,14,17H,10-13H2,(H,26,28). The van der Waals surface area contributed by atoms with Gasteiger partial charge < -0.3 is 10.2 Å². The molecule has 0 saturated carbocycles. The predicted molar refractivity (Wildman–Crippen MR) is 117 cm³/mol. The predicted octanol–water partition coefficient (Wildman–Crippen LogP) is 5.18. The van der Waals surface area contributed by atoms with Gasteiger partial charge in [0.1, 0.15) is 0 Å². The third-order valence-corrected chi connectivity index (χ3v) is 5.88. The molecule has 3 aromatic rings. The quantitative estimate of drug-likeness (QED) is 0.626. The van der Waals surface area contributed by atoms with Crippen LogP contribution < -0.4 is 5.32 Å². The van der Waals surface area contributed by atoms with Crippen LogP contribution in [0.15, 0.2) is 60.7 Å². The largest absolute Gasteiger partial charge is 0.349 e. The van der Waals surface area contributed by atoms with Crippen LogP contribution in [0, 0.1) is 0 Å². The smallest absolute Gasteiger partial charge is 0.254 e. The number of likely N-dealkylation sites (tertiary alicyclic amines) is 1. The maximum atomic E-state index is 13.1. The second-order valence-electron chi connectivity index (χ2n) is 7.19. The highest BCUT2D eigenvalue weighted by Crippen LogP contribution is 2.23. The van der Waals surface area contributed by atoms with E-state index in [1.165, 1.54) is 0 Å². The Balaban J connectivity index is 1.41. The van der Waals surface area contributed by atoms with E-state index in [0.29, 0.717) is 41.5 Å². The summed E-state index contributed by atoms with van der Waals surface area (Å²) in [7, 11) is 0. The summed E-state index contributed by atoms with van der Waals surface area (Å²) in [4.78, 5) is 27.4. The summed E-state index contributed by atoms with van der Waals surface area (Å²) in [5.41, 5.74) is 1.09. The van der Waals surface area contributed by atoms with Crippen LogP contribution in [0.5, 0.6) is 0 Å². The summed E-state index contributed by atoms with van der Waals surface area (Å²) in [5, 5.41) is 5.87. The minimum atomic E-state index is -0.240. The summed E-state index contributed by atoms with van der Waals surface area (Å²) in [6, 6.07) is 18.5. The van der Waals surface area contributed by atoms with Crippen LogP contribution in [-0.2, 0) is 0 Å². The molecule has 1 aliphatic rings. The lowest BCUT2D eigenvalue weighted by atomic mass is 10.0. The summed E-state index contributed by atoms with van der Waals surface area (Å²) >= 11 is 12.1. The molecule has 0 unspecified atom stereocenters. The first-order valence-electron chi connectivity index (χ1n) is 9.56. The molecule has 6 heteroatoms. The van der Waals surface area contributed by atoms with Gasteiger partial charge in [0, 0.05) is 29.7 Å². The van der Waals surface area contributed by atoms with Crippen molar-refractivity contribution in [2.24, 2.45) is 0 Å². The molecular weight excluding hydrogens is 407 g/mol. The van der Waals surface area contributed by atoms with E-state index in [-0.39, 0.29) is 17.9 Å². The number of amides is 2. The monoisotopic (exact) mass is 426 g/mol. The van der Waals surface area contributed by atoms with Crippen molar-refractivity contribution in [3.8, 4) is 0 Å². The van der Waals surface area contributed by atoms with E-state index >= 15 is 0 Å². The number of benzene rings is 3. The van der Waals surface area contributed by atoms with Crippen LogP contribution in [0.3, 0.4) is 0 Å². The van der Waals surface area contributed by atoms with Gasteiger partial charge in [-0.05, 0) is 47.9 Å². The molecule has 3 aromatic carbocycles. The fourth-order valence-electron chi connectivity index (χ4n) is 3.74. The lowest BCUT2D eigenvalue weighted by Gasteiger charge is -2.32. The number of halogens is 2. The average Bonchev–Trinajstić information content (AvgIpc) is 2.75. The van der Waals surface area contributed by atoms with E-state index in [1.807, 2.05) is 47.4 Å². The third kappa shape index (κ3) is 4.24. The molecule has 1 N–H and O–H groups in total. The maximum absolute atomic E-state index is 13.1. The Morgan fingerprint density at radius 1 is 0.897 bits per heavy atom. The van der Waals surface area contributed by atoms with Crippen LogP contribution in [-0.4, -0.2) is 35.8 Å². The van der Waals surface area contributed by atoms with Crippen LogP contribution in [0.25, 0.3) is 10.8 Å². The van der Waals surface area contributed by atoms with Crippen molar-refractivity contribution in [3.63, 3.8) is 0 Å². The molecule has 0 radical (unpaired) electrons. The zero-order valence-corrected chi connectivity index (χ0v) is 17.2. The maximum Gasteiger partial charge on any atom is 0.254 e. The van der Waals surface area contributed by atoms with Crippen LogP contribution in [0.2, 0.25) is 10.0 Å². The molecule has 0 spiro atoms. The Morgan fingerprint density at radius 2 is 1.62 bits per heavy atom. The van der Waals surface area contributed by atoms with Gasteiger partial charge in [-0.15, -0.1) is 0 Å². The number of piperidine rings is 1. The van der Waals surface area contributed by atoms with Crippen LogP contribution >= 0.6 is 23.2 Å². The summed E-state index contributed by atoms with van der Waals surface area (Å²) < 4.78 is 0. The van der Waals surface area contributed by atoms with Gasteiger partial charge in [0.05, 0.1) is 10.6 Å². The van der Waals surface area contributed by atoms with Gasteiger partial charge in [-0.25, -0.2) is 0 Å². The average molecular weight is 427 g/mol. The van der Waals surface area contributed by atoms with Gasteiger partial charge >= 0.3 is 0 Å². The number of carbonyl (C=O) groups excluding carboxylic acids is 2. The molecular formula is C23H20Cl2N2O2. The Morgan fingerprint density at radius 3 is 2.41 bits per heavy atom. The molecule has 0 atom stereocenters. The zero-order valence-electron chi connectivity index (χ0n) is 15.7. The zero-order chi connectivity index (χ0) is 20.4. The van der Waals surface area contributed by atoms with Crippen molar-refractivity contribution >= 4 is 45.8 Å². The number of fused-ring (bicyclic) bond motifs is 1. The summed E-state index contributed by atoms with van der Waals surface area (Å²) in [6.07, 6.45) is 1.39. The van der Waals surface area contributed by atoms with Gasteiger partial charge in [0.15, 0.2) is 0 Å². The highest BCUT2D eigenvalue weighted by molar-refractivity contribution is 6.35. The molecule has 0 aromatic heterocycles. The van der Waals surface area contributed by atoms with E-state index in [0.717, 1.165) is 16.3 Å². The fourth-order valence-corrected chi connectivity index (χ4v) is 4.12. The molecule has 4 nitrogen and oxygen atoms in total.